The van der Waals surface area contributed by atoms with Gasteiger partial charge in [0.25, 0.3) is 11.8 Å². The lowest BCUT2D eigenvalue weighted by Gasteiger charge is -2.35. The Morgan fingerprint density at radius 2 is 1.61 bits per heavy atom. The zero-order chi connectivity index (χ0) is 25.7. The van der Waals surface area contributed by atoms with E-state index in [1.54, 1.807) is 24.3 Å². The minimum atomic E-state index is -0.281. The van der Waals surface area contributed by atoms with Gasteiger partial charge in [0.1, 0.15) is 0 Å². The molecule has 8 nitrogen and oxygen atoms in total. The van der Waals surface area contributed by atoms with Gasteiger partial charge in [0.2, 0.25) is 0 Å². The van der Waals surface area contributed by atoms with Gasteiger partial charge in [-0.1, -0.05) is 12.1 Å². The summed E-state index contributed by atoms with van der Waals surface area (Å²) in [4.78, 5) is 41.6. The average Bonchev–Trinajstić information content (AvgIpc) is 3.67. The van der Waals surface area contributed by atoms with Crippen LogP contribution in [0.5, 0.6) is 0 Å². The van der Waals surface area contributed by atoms with Crippen LogP contribution in [0, 0.1) is 5.92 Å². The maximum atomic E-state index is 13.0. The van der Waals surface area contributed by atoms with Crippen LogP contribution in [-0.2, 0) is 6.54 Å². The van der Waals surface area contributed by atoms with Gasteiger partial charge < -0.3 is 20.9 Å². The van der Waals surface area contributed by atoms with E-state index in [-0.39, 0.29) is 23.4 Å². The summed E-state index contributed by atoms with van der Waals surface area (Å²) in [6.45, 7) is 10.2. The second kappa shape index (κ2) is 11.1. The van der Waals surface area contributed by atoms with Gasteiger partial charge in [0.15, 0.2) is 0 Å². The third-order valence-corrected chi connectivity index (χ3v) is 6.38. The standard InChI is InChI=1S/C28H37N5O3/c1-28(2,3)31-25(34)23-6-4-5-21(17-23)19-32-13-15-33(16-14-32)26(35)22-9-11-24(12-10-22)30-27(36)29-18-20-7-8-20/h4-6,9-12,17,20H,7-8,13-16,18-19H2,1-3H3,(H,31,34)(H2,29,30,36). The highest BCUT2D eigenvalue weighted by Crippen LogP contribution is 2.27. The summed E-state index contributed by atoms with van der Waals surface area (Å²) in [5.74, 6) is 0.557. The molecule has 2 aromatic rings. The number of hydrogen-bond donors (Lipinski definition) is 3. The molecule has 1 saturated heterocycles. The topological polar surface area (TPSA) is 93.8 Å². The lowest BCUT2D eigenvalue weighted by Crippen LogP contribution is -2.48. The minimum absolute atomic E-state index is 0.000216. The second-order valence-corrected chi connectivity index (χ2v) is 10.8. The molecule has 36 heavy (non-hydrogen) atoms. The van der Waals surface area contributed by atoms with Crippen molar-refractivity contribution in [1.29, 1.82) is 0 Å². The van der Waals surface area contributed by atoms with E-state index in [1.807, 2.05) is 49.9 Å². The summed E-state index contributed by atoms with van der Waals surface area (Å²) < 4.78 is 0. The first-order chi connectivity index (χ1) is 17.2. The second-order valence-electron chi connectivity index (χ2n) is 10.8. The molecule has 0 radical (unpaired) electrons. The fraction of sp³-hybridized carbons (Fsp3) is 0.464. The van der Waals surface area contributed by atoms with Crippen LogP contribution in [0.1, 0.15) is 59.9 Å². The van der Waals surface area contributed by atoms with Gasteiger partial charge in [0.05, 0.1) is 0 Å². The molecule has 2 fully saturated rings. The number of nitrogens with zero attached hydrogens (tertiary/aromatic N) is 2. The van der Waals surface area contributed by atoms with Gasteiger partial charge in [-0.2, -0.15) is 0 Å². The highest BCUT2D eigenvalue weighted by Gasteiger charge is 2.23. The molecule has 4 amide bonds. The normalized spacial score (nSPS) is 16.4. The molecule has 0 unspecified atom stereocenters. The summed E-state index contributed by atoms with van der Waals surface area (Å²) in [6, 6.07) is 14.6. The van der Waals surface area contributed by atoms with Crippen molar-refractivity contribution in [2.75, 3.05) is 38.0 Å². The highest BCUT2D eigenvalue weighted by molar-refractivity contribution is 5.96. The monoisotopic (exact) mass is 491 g/mol. The number of nitrogens with one attached hydrogen (secondary N) is 3. The Hall–Kier alpha value is -3.39. The van der Waals surface area contributed by atoms with Crippen molar-refractivity contribution < 1.29 is 14.4 Å². The van der Waals surface area contributed by atoms with Crippen LogP contribution in [0.3, 0.4) is 0 Å². The molecule has 4 rings (SSSR count). The van der Waals surface area contributed by atoms with E-state index in [4.69, 9.17) is 0 Å². The zero-order valence-electron chi connectivity index (χ0n) is 21.5. The summed E-state index contributed by atoms with van der Waals surface area (Å²) >= 11 is 0. The molecular formula is C28H37N5O3. The van der Waals surface area contributed by atoms with Crippen molar-refractivity contribution >= 4 is 23.5 Å². The van der Waals surface area contributed by atoms with E-state index in [9.17, 15) is 14.4 Å². The van der Waals surface area contributed by atoms with Crippen LogP contribution in [0.25, 0.3) is 0 Å². The van der Waals surface area contributed by atoms with Crippen LogP contribution in [0.2, 0.25) is 0 Å². The SMILES string of the molecule is CC(C)(C)NC(=O)c1cccc(CN2CCN(C(=O)c3ccc(NC(=O)NCC4CC4)cc3)CC2)c1. The largest absolute Gasteiger partial charge is 0.347 e. The van der Waals surface area contributed by atoms with Gasteiger partial charge in [-0.25, -0.2) is 4.79 Å². The molecule has 1 heterocycles. The number of carbonyl (C=O) groups is 3. The highest BCUT2D eigenvalue weighted by atomic mass is 16.2. The number of benzene rings is 2. The van der Waals surface area contributed by atoms with E-state index < -0.39 is 0 Å². The van der Waals surface area contributed by atoms with Crippen molar-refractivity contribution in [1.82, 2.24) is 20.4 Å². The molecule has 0 bridgehead atoms. The van der Waals surface area contributed by atoms with Gasteiger partial charge in [-0.3, -0.25) is 14.5 Å². The first kappa shape index (κ1) is 25.7. The molecule has 0 atom stereocenters. The van der Waals surface area contributed by atoms with Crippen LogP contribution in [0.4, 0.5) is 10.5 Å². The van der Waals surface area contributed by atoms with Crippen LogP contribution in [-0.4, -0.2) is 65.9 Å². The van der Waals surface area contributed by atoms with Gasteiger partial charge in [-0.05, 0) is 81.5 Å². The Labute approximate surface area is 213 Å². The van der Waals surface area contributed by atoms with Crippen LogP contribution in [0.15, 0.2) is 48.5 Å². The number of amides is 4. The van der Waals surface area contributed by atoms with E-state index in [0.29, 0.717) is 42.4 Å². The number of rotatable bonds is 7. The smallest absolute Gasteiger partial charge is 0.319 e. The van der Waals surface area contributed by atoms with Crippen LogP contribution < -0.4 is 16.0 Å². The molecule has 1 aliphatic heterocycles. The number of urea groups is 1. The van der Waals surface area contributed by atoms with E-state index in [2.05, 4.69) is 20.9 Å². The van der Waals surface area contributed by atoms with Crippen molar-refractivity contribution in [2.45, 2.75) is 45.7 Å². The molecule has 1 saturated carbocycles. The van der Waals surface area contributed by atoms with Crippen molar-refractivity contribution in [2.24, 2.45) is 5.92 Å². The third-order valence-electron chi connectivity index (χ3n) is 6.38. The Kier molecular flexibility index (Phi) is 7.94. The fourth-order valence-electron chi connectivity index (χ4n) is 4.20. The summed E-state index contributed by atoms with van der Waals surface area (Å²) in [5.41, 5.74) is 2.75. The molecule has 3 N–H and O–H groups in total. The quantitative estimate of drug-likeness (QED) is 0.551. The number of carbonyl (C=O) groups excluding carboxylic acids is 3. The van der Waals surface area contributed by atoms with E-state index in [1.165, 1.54) is 12.8 Å². The molecule has 2 aliphatic rings. The Morgan fingerprint density at radius 3 is 2.25 bits per heavy atom. The van der Waals surface area contributed by atoms with E-state index in [0.717, 1.165) is 25.2 Å². The van der Waals surface area contributed by atoms with Crippen molar-refractivity contribution in [3.05, 3.63) is 65.2 Å². The summed E-state index contributed by atoms with van der Waals surface area (Å²) in [6.07, 6.45) is 2.38. The molecule has 2 aromatic carbocycles. The lowest BCUT2D eigenvalue weighted by molar-refractivity contribution is 0.0628. The zero-order valence-corrected chi connectivity index (χ0v) is 21.5. The Morgan fingerprint density at radius 1 is 0.917 bits per heavy atom. The predicted octanol–water partition coefficient (Wildman–Crippen LogP) is 3.70. The van der Waals surface area contributed by atoms with Gasteiger partial charge in [0, 0.05) is 61.6 Å². The maximum Gasteiger partial charge on any atom is 0.319 e. The van der Waals surface area contributed by atoms with Crippen LogP contribution >= 0.6 is 0 Å². The molecule has 0 aromatic heterocycles. The predicted molar refractivity (Wildman–Crippen MR) is 141 cm³/mol. The third kappa shape index (κ3) is 7.55. The molecule has 8 heteroatoms. The Balaban J connectivity index is 1.24. The van der Waals surface area contributed by atoms with E-state index >= 15 is 0 Å². The molecule has 1 aliphatic carbocycles. The number of hydrogen-bond acceptors (Lipinski definition) is 4. The Bertz CT molecular complexity index is 1080. The maximum absolute atomic E-state index is 13.0. The van der Waals surface area contributed by atoms with Crippen molar-refractivity contribution in [3.8, 4) is 0 Å². The lowest BCUT2D eigenvalue weighted by atomic mass is 10.1. The minimum Gasteiger partial charge on any atom is -0.347 e. The number of piperazine rings is 1. The van der Waals surface area contributed by atoms with Gasteiger partial charge >= 0.3 is 6.03 Å². The summed E-state index contributed by atoms with van der Waals surface area (Å²) in [5, 5.41) is 8.69. The molecule has 0 spiro atoms. The summed E-state index contributed by atoms with van der Waals surface area (Å²) in [7, 11) is 0. The first-order valence-corrected chi connectivity index (χ1v) is 12.7. The van der Waals surface area contributed by atoms with Gasteiger partial charge in [-0.15, -0.1) is 0 Å². The average molecular weight is 492 g/mol. The molecule has 192 valence electrons. The van der Waals surface area contributed by atoms with Crippen molar-refractivity contribution in [3.63, 3.8) is 0 Å². The number of anilines is 1. The fourth-order valence-corrected chi connectivity index (χ4v) is 4.20. The first-order valence-electron chi connectivity index (χ1n) is 12.7. The molecular weight excluding hydrogens is 454 g/mol.